The Balaban J connectivity index is 3.20. The summed E-state index contributed by atoms with van der Waals surface area (Å²) in [6.45, 7) is 3.97. The van der Waals surface area contributed by atoms with E-state index in [4.69, 9.17) is 22.2 Å². The third-order valence-corrected chi connectivity index (χ3v) is 4.10. The molecule has 2 unspecified atom stereocenters. The Bertz CT molecular complexity index is 417. The van der Waals surface area contributed by atoms with Crippen LogP contribution < -0.4 is 11.3 Å². The number of benzene rings is 1. The molecule has 1 aromatic carbocycles. The number of nitrogens with one attached hydrogen (secondary N) is 1. The fourth-order valence-corrected chi connectivity index (χ4v) is 2.41. The second kappa shape index (κ2) is 6.82. The minimum absolute atomic E-state index is 0.0476. The number of methoxy groups -OCH3 is 1. The number of nitrogens with two attached hydrogens (primary N) is 1. The van der Waals surface area contributed by atoms with Gasteiger partial charge in [-0.15, -0.1) is 0 Å². The summed E-state index contributed by atoms with van der Waals surface area (Å²) in [5, 5.41) is 0.0476. The Hall–Kier alpha value is -0.200. The monoisotopic (exact) mass is 338 g/mol. The van der Waals surface area contributed by atoms with Gasteiger partial charge in [-0.3, -0.25) is 11.3 Å². The van der Waals surface area contributed by atoms with Crippen LogP contribution in [-0.4, -0.2) is 13.2 Å². The summed E-state index contributed by atoms with van der Waals surface area (Å²) >= 11 is 9.06. The van der Waals surface area contributed by atoms with E-state index in [2.05, 4.69) is 21.4 Å². The molecule has 2 atom stereocenters. The third kappa shape index (κ3) is 3.22. The average molecular weight is 340 g/mol. The van der Waals surface area contributed by atoms with E-state index >= 15 is 0 Å². The van der Waals surface area contributed by atoms with Crippen LogP contribution >= 0.6 is 27.5 Å². The van der Waals surface area contributed by atoms with Crippen molar-refractivity contribution < 1.29 is 9.13 Å². The molecule has 0 bridgehead atoms. The average Bonchev–Trinajstić information content (AvgIpc) is 2.33. The van der Waals surface area contributed by atoms with Crippen LogP contribution in [-0.2, 0) is 4.74 Å². The van der Waals surface area contributed by atoms with Crippen molar-refractivity contribution in [3.63, 3.8) is 0 Å². The highest BCUT2D eigenvalue weighted by atomic mass is 79.9. The first-order valence-corrected chi connectivity index (χ1v) is 6.73. The molecule has 0 radical (unpaired) electrons. The maximum atomic E-state index is 14.1. The molecule has 0 aliphatic rings. The van der Waals surface area contributed by atoms with Crippen LogP contribution in [0, 0.1) is 11.7 Å². The maximum absolute atomic E-state index is 14.1. The van der Waals surface area contributed by atoms with Crippen LogP contribution in [0.25, 0.3) is 0 Å². The SMILES string of the molecule is COC(C(C)C)C(NN)c1ccc(Br)c(Cl)c1F. The summed E-state index contributed by atoms with van der Waals surface area (Å²) in [7, 11) is 1.58. The van der Waals surface area contributed by atoms with Crippen LogP contribution in [0.5, 0.6) is 0 Å². The van der Waals surface area contributed by atoms with Crippen LogP contribution in [0.1, 0.15) is 25.5 Å². The summed E-state index contributed by atoms with van der Waals surface area (Å²) in [5.41, 5.74) is 2.99. The highest BCUT2D eigenvalue weighted by Gasteiger charge is 2.28. The van der Waals surface area contributed by atoms with Crippen molar-refractivity contribution in [3.05, 3.63) is 33.0 Å². The van der Waals surface area contributed by atoms with Gasteiger partial charge in [0.15, 0.2) is 0 Å². The van der Waals surface area contributed by atoms with Gasteiger partial charge in [-0.05, 0) is 27.9 Å². The molecule has 0 saturated heterocycles. The highest BCUT2D eigenvalue weighted by Crippen LogP contribution is 2.33. The fourth-order valence-electron chi connectivity index (χ4n) is 1.94. The minimum atomic E-state index is -0.489. The highest BCUT2D eigenvalue weighted by molar-refractivity contribution is 9.10. The maximum Gasteiger partial charge on any atom is 0.147 e. The molecular formula is C12H17BrClFN2O. The Morgan fingerprint density at radius 1 is 1.44 bits per heavy atom. The standard InChI is InChI=1S/C12H17BrClFN2O/c1-6(2)12(18-3)11(17-16)7-4-5-8(13)9(14)10(7)15/h4-6,11-12,17H,16H2,1-3H3. The van der Waals surface area contributed by atoms with Gasteiger partial charge in [0.05, 0.1) is 17.2 Å². The van der Waals surface area contributed by atoms with E-state index in [0.717, 1.165) is 0 Å². The summed E-state index contributed by atoms with van der Waals surface area (Å²) in [4.78, 5) is 0. The van der Waals surface area contributed by atoms with E-state index < -0.39 is 11.9 Å². The quantitative estimate of drug-likeness (QED) is 0.491. The number of hydrogen-bond acceptors (Lipinski definition) is 3. The Kier molecular flexibility index (Phi) is 6.01. The largest absolute Gasteiger partial charge is 0.379 e. The molecule has 3 N–H and O–H groups in total. The van der Waals surface area contributed by atoms with Crippen molar-refractivity contribution in [1.29, 1.82) is 0 Å². The minimum Gasteiger partial charge on any atom is -0.379 e. The van der Waals surface area contributed by atoms with E-state index in [0.29, 0.717) is 10.0 Å². The lowest BCUT2D eigenvalue weighted by Crippen LogP contribution is -2.40. The summed E-state index contributed by atoms with van der Waals surface area (Å²) in [6.07, 6.45) is -0.248. The van der Waals surface area contributed by atoms with Crippen molar-refractivity contribution >= 4 is 27.5 Å². The molecule has 0 amide bonds. The molecule has 0 aromatic heterocycles. The van der Waals surface area contributed by atoms with Gasteiger partial charge in [-0.1, -0.05) is 31.5 Å². The van der Waals surface area contributed by atoms with Crippen LogP contribution in [0.4, 0.5) is 4.39 Å². The molecule has 102 valence electrons. The van der Waals surface area contributed by atoms with Crippen LogP contribution in [0.15, 0.2) is 16.6 Å². The summed E-state index contributed by atoms with van der Waals surface area (Å²) in [5.74, 6) is 5.21. The smallest absolute Gasteiger partial charge is 0.147 e. The molecule has 0 aliphatic carbocycles. The lowest BCUT2D eigenvalue weighted by Gasteiger charge is -2.29. The number of hydrazine groups is 1. The third-order valence-electron chi connectivity index (χ3n) is 2.84. The molecule has 6 heteroatoms. The fraction of sp³-hybridized carbons (Fsp3) is 0.500. The molecule has 1 rings (SSSR count). The molecule has 0 heterocycles. The molecule has 1 aromatic rings. The summed E-state index contributed by atoms with van der Waals surface area (Å²) < 4.78 is 20.0. The van der Waals surface area contributed by atoms with Gasteiger partial charge in [0, 0.05) is 17.1 Å². The van der Waals surface area contributed by atoms with Crippen molar-refractivity contribution in [2.45, 2.75) is 26.0 Å². The van der Waals surface area contributed by atoms with Gasteiger partial charge in [0.1, 0.15) is 5.82 Å². The van der Waals surface area contributed by atoms with Gasteiger partial charge < -0.3 is 4.74 Å². The van der Waals surface area contributed by atoms with Crippen molar-refractivity contribution in [2.24, 2.45) is 11.8 Å². The molecule has 0 fully saturated rings. The molecule has 18 heavy (non-hydrogen) atoms. The second-order valence-electron chi connectivity index (χ2n) is 4.35. The predicted octanol–water partition coefficient (Wildman–Crippen LogP) is 3.42. The van der Waals surface area contributed by atoms with E-state index in [9.17, 15) is 4.39 Å². The first-order chi connectivity index (χ1) is 8.43. The van der Waals surface area contributed by atoms with Crippen molar-refractivity contribution in [3.8, 4) is 0 Å². The van der Waals surface area contributed by atoms with E-state index in [-0.39, 0.29) is 17.0 Å². The molecule has 0 saturated carbocycles. The first kappa shape index (κ1) is 15.9. The van der Waals surface area contributed by atoms with Crippen LogP contribution in [0.3, 0.4) is 0 Å². The van der Waals surface area contributed by atoms with E-state index in [1.165, 1.54) is 0 Å². The normalized spacial score (nSPS) is 14.9. The van der Waals surface area contributed by atoms with Gasteiger partial charge >= 0.3 is 0 Å². The zero-order valence-corrected chi connectivity index (χ0v) is 12.8. The molecule has 0 aliphatic heterocycles. The number of rotatable bonds is 5. The van der Waals surface area contributed by atoms with Gasteiger partial charge in [0.25, 0.3) is 0 Å². The number of ether oxygens (including phenoxy) is 1. The summed E-state index contributed by atoms with van der Waals surface area (Å²) in [6, 6.07) is 2.88. The second-order valence-corrected chi connectivity index (χ2v) is 5.59. The predicted molar refractivity (Wildman–Crippen MR) is 74.8 cm³/mol. The Morgan fingerprint density at radius 3 is 2.50 bits per heavy atom. The lowest BCUT2D eigenvalue weighted by atomic mass is 9.93. The topological polar surface area (TPSA) is 47.3 Å². The van der Waals surface area contributed by atoms with Crippen molar-refractivity contribution in [1.82, 2.24) is 5.43 Å². The number of hydrogen-bond donors (Lipinski definition) is 2. The zero-order valence-electron chi connectivity index (χ0n) is 10.5. The van der Waals surface area contributed by atoms with Gasteiger partial charge in [0.2, 0.25) is 0 Å². The first-order valence-electron chi connectivity index (χ1n) is 5.56. The lowest BCUT2D eigenvalue weighted by molar-refractivity contribution is 0.0316. The molecule has 3 nitrogen and oxygen atoms in total. The number of halogens is 3. The Labute approximate surface area is 120 Å². The van der Waals surface area contributed by atoms with Crippen molar-refractivity contribution in [2.75, 3.05) is 7.11 Å². The Morgan fingerprint density at radius 2 is 2.06 bits per heavy atom. The molecule has 0 spiro atoms. The van der Waals surface area contributed by atoms with E-state index in [1.54, 1.807) is 19.2 Å². The van der Waals surface area contributed by atoms with Gasteiger partial charge in [-0.25, -0.2) is 4.39 Å². The molecular weight excluding hydrogens is 322 g/mol. The van der Waals surface area contributed by atoms with Gasteiger partial charge in [-0.2, -0.15) is 0 Å². The van der Waals surface area contributed by atoms with E-state index in [1.807, 2.05) is 13.8 Å². The van der Waals surface area contributed by atoms with Crippen LogP contribution in [0.2, 0.25) is 5.02 Å². The zero-order chi connectivity index (χ0) is 13.9.